The lowest BCUT2D eigenvalue weighted by Crippen LogP contribution is -2.40. The average Bonchev–Trinajstić information content (AvgIpc) is 3.17. The minimum Gasteiger partial charge on any atom is -0.494 e. The van der Waals surface area contributed by atoms with E-state index in [0.717, 1.165) is 11.1 Å². The SMILES string of the molecule is C=CCOc1ccccc1/C=c1/sc2n(c1=O)[C@H](c1ccc(OCC)cc1)C(C(=O)OC(C)C)=C(C)N=2. The van der Waals surface area contributed by atoms with Crippen LogP contribution in [0.25, 0.3) is 6.08 Å². The Morgan fingerprint density at radius 3 is 2.57 bits per heavy atom. The van der Waals surface area contributed by atoms with Gasteiger partial charge in [-0.25, -0.2) is 9.79 Å². The topological polar surface area (TPSA) is 79.1 Å². The molecule has 3 aromatic rings. The molecule has 7 nitrogen and oxygen atoms in total. The van der Waals surface area contributed by atoms with Crippen molar-refractivity contribution in [1.82, 2.24) is 4.57 Å². The summed E-state index contributed by atoms with van der Waals surface area (Å²) in [5.74, 6) is 0.864. The van der Waals surface area contributed by atoms with Gasteiger partial charge in [-0.15, -0.1) is 0 Å². The summed E-state index contributed by atoms with van der Waals surface area (Å²) in [6.07, 6.45) is 3.15. The second-order valence-electron chi connectivity index (χ2n) is 8.68. The van der Waals surface area contributed by atoms with Gasteiger partial charge in [-0.3, -0.25) is 9.36 Å². The van der Waals surface area contributed by atoms with E-state index in [2.05, 4.69) is 11.6 Å². The molecule has 8 heteroatoms. The predicted octanol–water partition coefficient (Wildman–Crippen LogP) is 4.15. The van der Waals surface area contributed by atoms with E-state index >= 15 is 0 Å². The van der Waals surface area contributed by atoms with Crippen molar-refractivity contribution in [2.45, 2.75) is 39.8 Å². The van der Waals surface area contributed by atoms with Crippen LogP contribution in [0.5, 0.6) is 11.5 Å². The summed E-state index contributed by atoms with van der Waals surface area (Å²) in [7, 11) is 0. The standard InChI is InChI=1S/C29H30N2O5S/c1-6-16-35-23-11-9-8-10-21(23)17-24-27(32)31-26(20-12-14-22(15-13-20)34-7-2)25(28(33)36-18(3)4)19(5)30-29(31)37-24/h6,8-15,17-18,26H,1,7,16H2,2-5H3/b24-17+/t26-/m1/s1. The van der Waals surface area contributed by atoms with E-state index in [1.54, 1.807) is 37.5 Å². The van der Waals surface area contributed by atoms with Crippen LogP contribution in [0.4, 0.5) is 0 Å². The van der Waals surface area contributed by atoms with E-state index in [-0.39, 0.29) is 11.7 Å². The van der Waals surface area contributed by atoms with Crippen LogP contribution in [0.3, 0.4) is 0 Å². The number of carbonyl (C=O) groups is 1. The highest BCUT2D eigenvalue weighted by Gasteiger charge is 2.33. The van der Waals surface area contributed by atoms with Crippen molar-refractivity contribution in [1.29, 1.82) is 0 Å². The first-order chi connectivity index (χ1) is 17.8. The van der Waals surface area contributed by atoms with Gasteiger partial charge >= 0.3 is 5.97 Å². The number of esters is 1. The summed E-state index contributed by atoms with van der Waals surface area (Å²) in [4.78, 5) is 32.2. The fourth-order valence-corrected chi connectivity index (χ4v) is 5.15. The molecular formula is C29H30N2O5S. The lowest BCUT2D eigenvalue weighted by Gasteiger charge is -2.25. The number of hydrogen-bond acceptors (Lipinski definition) is 7. The van der Waals surface area contributed by atoms with Gasteiger partial charge in [0.15, 0.2) is 4.80 Å². The minimum absolute atomic E-state index is 0.247. The molecule has 192 valence electrons. The zero-order valence-electron chi connectivity index (χ0n) is 21.4. The van der Waals surface area contributed by atoms with Crippen molar-refractivity contribution in [3.63, 3.8) is 0 Å². The van der Waals surface area contributed by atoms with Crippen LogP contribution >= 0.6 is 11.3 Å². The Bertz CT molecular complexity index is 1510. The summed E-state index contributed by atoms with van der Waals surface area (Å²) in [5.41, 5.74) is 2.14. The molecule has 37 heavy (non-hydrogen) atoms. The molecule has 0 saturated carbocycles. The molecule has 2 aromatic carbocycles. The molecule has 0 unspecified atom stereocenters. The maximum atomic E-state index is 13.8. The third-order valence-electron chi connectivity index (χ3n) is 5.65. The number of carbonyl (C=O) groups excluding carboxylic acids is 1. The number of allylic oxidation sites excluding steroid dienone is 1. The third kappa shape index (κ3) is 5.59. The summed E-state index contributed by atoms with van der Waals surface area (Å²) in [6, 6.07) is 14.2. The van der Waals surface area contributed by atoms with Gasteiger partial charge in [-0.05, 0) is 57.5 Å². The second-order valence-corrected chi connectivity index (χ2v) is 9.68. The van der Waals surface area contributed by atoms with Crippen LogP contribution in [0.2, 0.25) is 0 Å². The largest absolute Gasteiger partial charge is 0.494 e. The van der Waals surface area contributed by atoms with E-state index in [9.17, 15) is 9.59 Å². The molecule has 1 atom stereocenters. The Morgan fingerprint density at radius 1 is 1.16 bits per heavy atom. The molecule has 0 spiro atoms. The van der Waals surface area contributed by atoms with Gasteiger partial charge in [0.05, 0.1) is 34.6 Å². The molecule has 0 aliphatic carbocycles. The number of aromatic nitrogens is 1. The van der Waals surface area contributed by atoms with Gasteiger partial charge in [-0.1, -0.05) is 54.3 Å². The molecule has 0 fully saturated rings. The maximum absolute atomic E-state index is 13.8. The van der Waals surface area contributed by atoms with Gasteiger partial charge in [0.1, 0.15) is 18.1 Å². The Hall–Kier alpha value is -3.91. The summed E-state index contributed by atoms with van der Waals surface area (Å²) >= 11 is 1.27. The van der Waals surface area contributed by atoms with Crippen LogP contribution in [0.1, 0.15) is 44.9 Å². The third-order valence-corrected chi connectivity index (χ3v) is 6.64. The van der Waals surface area contributed by atoms with Crippen molar-refractivity contribution in [2.24, 2.45) is 4.99 Å². The van der Waals surface area contributed by atoms with E-state index in [0.29, 0.717) is 45.3 Å². The van der Waals surface area contributed by atoms with Gasteiger partial charge in [0, 0.05) is 5.56 Å². The van der Waals surface area contributed by atoms with E-state index in [1.807, 2.05) is 55.5 Å². The van der Waals surface area contributed by atoms with Crippen LogP contribution in [-0.4, -0.2) is 29.9 Å². The first-order valence-electron chi connectivity index (χ1n) is 12.1. The van der Waals surface area contributed by atoms with Crippen molar-refractivity contribution in [3.8, 4) is 11.5 Å². The summed E-state index contributed by atoms with van der Waals surface area (Å²) in [6.45, 7) is 11.9. The van der Waals surface area contributed by atoms with Crippen LogP contribution in [0, 0.1) is 0 Å². The number of ether oxygens (including phenoxy) is 3. The van der Waals surface area contributed by atoms with Gasteiger partial charge in [0.2, 0.25) is 0 Å². The fourth-order valence-electron chi connectivity index (χ4n) is 4.11. The molecule has 1 aromatic heterocycles. The minimum atomic E-state index is -0.687. The first kappa shape index (κ1) is 26.2. The number of hydrogen-bond donors (Lipinski definition) is 0. The monoisotopic (exact) mass is 518 g/mol. The molecule has 4 rings (SSSR count). The number of thiazole rings is 1. The quantitative estimate of drug-likeness (QED) is 0.314. The molecule has 1 aliphatic heterocycles. The van der Waals surface area contributed by atoms with Gasteiger partial charge in [0.25, 0.3) is 5.56 Å². The molecule has 1 aliphatic rings. The Morgan fingerprint density at radius 2 is 1.89 bits per heavy atom. The molecule has 0 amide bonds. The summed E-state index contributed by atoms with van der Waals surface area (Å²) in [5, 5.41) is 0. The predicted molar refractivity (Wildman–Crippen MR) is 145 cm³/mol. The number of benzene rings is 2. The molecule has 0 radical (unpaired) electrons. The molecule has 0 bridgehead atoms. The highest BCUT2D eigenvalue weighted by Crippen LogP contribution is 2.32. The molecular weight excluding hydrogens is 488 g/mol. The van der Waals surface area contributed by atoms with Crippen LogP contribution < -0.4 is 24.4 Å². The Balaban J connectivity index is 1.90. The van der Waals surface area contributed by atoms with E-state index < -0.39 is 12.0 Å². The lowest BCUT2D eigenvalue weighted by atomic mass is 9.96. The average molecular weight is 519 g/mol. The zero-order valence-corrected chi connectivity index (χ0v) is 22.2. The second kappa shape index (κ2) is 11.4. The Kier molecular flexibility index (Phi) is 8.08. The van der Waals surface area contributed by atoms with Crippen molar-refractivity contribution in [3.05, 3.63) is 103 Å². The fraction of sp³-hybridized carbons (Fsp3) is 0.276. The smallest absolute Gasteiger partial charge is 0.338 e. The number of para-hydroxylation sites is 1. The highest BCUT2D eigenvalue weighted by molar-refractivity contribution is 7.07. The van der Waals surface area contributed by atoms with Gasteiger partial charge in [-0.2, -0.15) is 0 Å². The number of nitrogens with zero attached hydrogens (tertiary/aromatic N) is 2. The van der Waals surface area contributed by atoms with E-state index in [1.165, 1.54) is 11.3 Å². The normalized spacial score (nSPS) is 15.3. The van der Waals surface area contributed by atoms with Crippen LogP contribution in [0.15, 0.2) is 82.2 Å². The van der Waals surface area contributed by atoms with Crippen molar-refractivity contribution >= 4 is 23.4 Å². The molecule has 0 saturated heterocycles. The van der Waals surface area contributed by atoms with Gasteiger partial charge < -0.3 is 14.2 Å². The van der Waals surface area contributed by atoms with Crippen molar-refractivity contribution in [2.75, 3.05) is 13.2 Å². The summed E-state index contributed by atoms with van der Waals surface area (Å²) < 4.78 is 19.0. The zero-order chi connectivity index (χ0) is 26.5. The first-order valence-corrected chi connectivity index (χ1v) is 12.9. The van der Waals surface area contributed by atoms with E-state index in [4.69, 9.17) is 14.2 Å². The maximum Gasteiger partial charge on any atom is 0.338 e. The number of rotatable bonds is 9. The number of fused-ring (bicyclic) bond motifs is 1. The highest BCUT2D eigenvalue weighted by atomic mass is 32.1. The van der Waals surface area contributed by atoms with Crippen molar-refractivity contribution < 1.29 is 19.0 Å². The lowest BCUT2D eigenvalue weighted by molar-refractivity contribution is -0.143. The Labute approximate surface area is 219 Å². The molecule has 0 N–H and O–H groups in total. The van der Waals surface area contributed by atoms with Crippen LogP contribution in [-0.2, 0) is 9.53 Å². The molecule has 2 heterocycles.